The van der Waals surface area contributed by atoms with Gasteiger partial charge < -0.3 is 9.84 Å². The molecule has 1 N–H and O–H groups in total. The van der Waals surface area contributed by atoms with Crippen LogP contribution in [0.15, 0.2) is 18.2 Å². The highest BCUT2D eigenvalue weighted by Crippen LogP contribution is 2.29. The molecule has 2 nitrogen and oxygen atoms in total. The van der Waals surface area contributed by atoms with E-state index in [1.54, 1.807) is 7.11 Å². The lowest BCUT2D eigenvalue weighted by Crippen LogP contribution is -2.20. The first kappa shape index (κ1) is 12.1. The molecule has 0 radical (unpaired) electrons. The molecule has 0 amide bonds. The first-order valence-electron chi connectivity index (χ1n) is 5.38. The van der Waals surface area contributed by atoms with Gasteiger partial charge in [-0.3, -0.25) is 0 Å². The van der Waals surface area contributed by atoms with Gasteiger partial charge in [-0.1, -0.05) is 19.4 Å². The maximum Gasteiger partial charge on any atom is 0.121 e. The van der Waals surface area contributed by atoms with Crippen molar-refractivity contribution in [3.05, 3.63) is 29.3 Å². The fraction of sp³-hybridized carbons (Fsp3) is 0.538. The van der Waals surface area contributed by atoms with E-state index < -0.39 is 5.60 Å². The molecule has 0 aliphatic heterocycles. The molecule has 1 unspecified atom stereocenters. The average molecular weight is 208 g/mol. The van der Waals surface area contributed by atoms with Gasteiger partial charge >= 0.3 is 0 Å². The van der Waals surface area contributed by atoms with E-state index in [1.165, 1.54) is 0 Å². The molecule has 0 bridgehead atoms. The molecular weight excluding hydrogens is 188 g/mol. The van der Waals surface area contributed by atoms with Gasteiger partial charge in [0.15, 0.2) is 0 Å². The zero-order valence-electron chi connectivity index (χ0n) is 10.0. The molecular formula is C13H20O2. The Morgan fingerprint density at radius 3 is 2.53 bits per heavy atom. The SMILES string of the molecule is CCCC(C)(O)c1ccc(OC)c(C)c1. The van der Waals surface area contributed by atoms with Gasteiger partial charge in [-0.25, -0.2) is 0 Å². The molecule has 0 saturated heterocycles. The van der Waals surface area contributed by atoms with Crippen LogP contribution >= 0.6 is 0 Å². The Hall–Kier alpha value is -1.02. The van der Waals surface area contributed by atoms with Gasteiger partial charge in [0.25, 0.3) is 0 Å². The summed E-state index contributed by atoms with van der Waals surface area (Å²) in [6.07, 6.45) is 1.75. The number of hydrogen-bond donors (Lipinski definition) is 1. The van der Waals surface area contributed by atoms with Crippen molar-refractivity contribution >= 4 is 0 Å². The van der Waals surface area contributed by atoms with Gasteiger partial charge in [-0.05, 0) is 43.5 Å². The highest BCUT2D eigenvalue weighted by Gasteiger charge is 2.22. The van der Waals surface area contributed by atoms with Gasteiger partial charge in [0.1, 0.15) is 5.75 Å². The zero-order valence-corrected chi connectivity index (χ0v) is 10.0. The molecule has 0 aliphatic rings. The van der Waals surface area contributed by atoms with Crippen molar-refractivity contribution in [2.75, 3.05) is 7.11 Å². The smallest absolute Gasteiger partial charge is 0.121 e. The second-order valence-corrected chi connectivity index (χ2v) is 4.21. The van der Waals surface area contributed by atoms with E-state index in [-0.39, 0.29) is 0 Å². The highest BCUT2D eigenvalue weighted by molar-refractivity contribution is 5.38. The maximum absolute atomic E-state index is 10.2. The minimum Gasteiger partial charge on any atom is -0.496 e. The van der Waals surface area contributed by atoms with Crippen molar-refractivity contribution in [1.82, 2.24) is 0 Å². The fourth-order valence-electron chi connectivity index (χ4n) is 1.84. The van der Waals surface area contributed by atoms with Gasteiger partial charge in [0.2, 0.25) is 0 Å². The van der Waals surface area contributed by atoms with E-state index in [9.17, 15) is 5.11 Å². The summed E-state index contributed by atoms with van der Waals surface area (Å²) in [4.78, 5) is 0. The summed E-state index contributed by atoms with van der Waals surface area (Å²) >= 11 is 0. The van der Waals surface area contributed by atoms with Crippen molar-refractivity contribution in [2.45, 2.75) is 39.2 Å². The van der Waals surface area contributed by atoms with Gasteiger partial charge in [0, 0.05) is 0 Å². The van der Waals surface area contributed by atoms with Gasteiger partial charge in [0.05, 0.1) is 12.7 Å². The molecule has 1 rings (SSSR count). The van der Waals surface area contributed by atoms with Gasteiger partial charge in [-0.2, -0.15) is 0 Å². The molecule has 1 aromatic rings. The second-order valence-electron chi connectivity index (χ2n) is 4.21. The molecule has 1 atom stereocenters. The third-order valence-electron chi connectivity index (χ3n) is 2.75. The number of methoxy groups -OCH3 is 1. The Labute approximate surface area is 91.9 Å². The third-order valence-corrected chi connectivity index (χ3v) is 2.75. The van der Waals surface area contributed by atoms with Crippen molar-refractivity contribution < 1.29 is 9.84 Å². The predicted molar refractivity (Wildman–Crippen MR) is 62.2 cm³/mol. The summed E-state index contributed by atoms with van der Waals surface area (Å²) in [5.41, 5.74) is 1.29. The largest absolute Gasteiger partial charge is 0.496 e. The van der Waals surface area contributed by atoms with Crippen LogP contribution < -0.4 is 4.74 Å². The first-order valence-corrected chi connectivity index (χ1v) is 5.38. The fourth-order valence-corrected chi connectivity index (χ4v) is 1.84. The quantitative estimate of drug-likeness (QED) is 0.824. The van der Waals surface area contributed by atoms with Crippen LogP contribution in [0.2, 0.25) is 0 Å². The minimum absolute atomic E-state index is 0.730. The van der Waals surface area contributed by atoms with Gasteiger partial charge in [-0.15, -0.1) is 0 Å². The van der Waals surface area contributed by atoms with Crippen molar-refractivity contribution in [2.24, 2.45) is 0 Å². The van der Waals surface area contributed by atoms with E-state index in [1.807, 2.05) is 32.0 Å². The summed E-state index contributed by atoms with van der Waals surface area (Å²) < 4.78 is 5.19. The standard InChI is InChI=1S/C13H20O2/c1-5-8-13(3,14)11-6-7-12(15-4)10(2)9-11/h6-7,9,14H,5,8H2,1-4H3. The average Bonchev–Trinajstić information content (AvgIpc) is 2.17. The Bertz CT molecular complexity index is 329. The number of aliphatic hydroxyl groups is 1. The summed E-state index contributed by atoms with van der Waals surface area (Å²) in [6, 6.07) is 5.84. The lowest BCUT2D eigenvalue weighted by molar-refractivity contribution is 0.0469. The molecule has 0 aliphatic carbocycles. The van der Waals surface area contributed by atoms with Crippen LogP contribution in [0.5, 0.6) is 5.75 Å². The van der Waals surface area contributed by atoms with Crippen LogP contribution in [0.25, 0.3) is 0 Å². The number of ether oxygens (including phenoxy) is 1. The van der Waals surface area contributed by atoms with E-state index >= 15 is 0 Å². The molecule has 2 heteroatoms. The third kappa shape index (κ3) is 2.72. The Kier molecular flexibility index (Phi) is 3.75. The number of hydrogen-bond acceptors (Lipinski definition) is 2. The molecule has 15 heavy (non-hydrogen) atoms. The van der Waals surface area contributed by atoms with E-state index in [4.69, 9.17) is 4.74 Å². The Morgan fingerprint density at radius 1 is 1.40 bits per heavy atom. The number of aryl methyl sites for hydroxylation is 1. The summed E-state index contributed by atoms with van der Waals surface area (Å²) in [6.45, 7) is 5.92. The van der Waals surface area contributed by atoms with E-state index in [0.717, 1.165) is 29.7 Å². The van der Waals surface area contributed by atoms with Crippen LogP contribution in [-0.4, -0.2) is 12.2 Å². The van der Waals surface area contributed by atoms with Crippen LogP contribution in [0.3, 0.4) is 0 Å². The second kappa shape index (κ2) is 4.67. The van der Waals surface area contributed by atoms with Crippen LogP contribution in [-0.2, 0) is 5.60 Å². The number of benzene rings is 1. The molecule has 0 heterocycles. The van der Waals surface area contributed by atoms with E-state index in [0.29, 0.717) is 0 Å². The van der Waals surface area contributed by atoms with Crippen LogP contribution in [0, 0.1) is 6.92 Å². The molecule has 0 spiro atoms. The Morgan fingerprint density at radius 2 is 2.07 bits per heavy atom. The van der Waals surface area contributed by atoms with E-state index in [2.05, 4.69) is 6.92 Å². The first-order chi connectivity index (χ1) is 7.01. The molecule has 0 saturated carbocycles. The molecule has 0 aromatic heterocycles. The van der Waals surface area contributed by atoms with Crippen LogP contribution in [0.1, 0.15) is 37.8 Å². The summed E-state index contributed by atoms with van der Waals surface area (Å²) in [5.74, 6) is 0.867. The number of rotatable bonds is 4. The molecule has 0 fully saturated rings. The lowest BCUT2D eigenvalue weighted by atomic mass is 9.90. The lowest BCUT2D eigenvalue weighted by Gasteiger charge is -2.24. The molecule has 84 valence electrons. The van der Waals surface area contributed by atoms with Crippen molar-refractivity contribution in [1.29, 1.82) is 0 Å². The highest BCUT2D eigenvalue weighted by atomic mass is 16.5. The van der Waals surface area contributed by atoms with Crippen LogP contribution in [0.4, 0.5) is 0 Å². The van der Waals surface area contributed by atoms with Crippen molar-refractivity contribution in [3.63, 3.8) is 0 Å². The minimum atomic E-state index is -0.730. The molecule has 1 aromatic carbocycles. The topological polar surface area (TPSA) is 29.5 Å². The summed E-state index contributed by atoms with van der Waals surface area (Å²) in [7, 11) is 1.66. The zero-order chi connectivity index (χ0) is 11.5. The summed E-state index contributed by atoms with van der Waals surface area (Å²) in [5, 5.41) is 10.2. The maximum atomic E-state index is 10.2. The van der Waals surface area contributed by atoms with Crippen molar-refractivity contribution in [3.8, 4) is 5.75 Å². The normalized spacial score (nSPS) is 14.7. The predicted octanol–water partition coefficient (Wildman–Crippen LogP) is 3.01. The monoisotopic (exact) mass is 208 g/mol. The Balaban J connectivity index is 3.01.